The minimum absolute atomic E-state index is 0.0195. The van der Waals surface area contributed by atoms with Crippen LogP contribution < -0.4 is 0 Å². The lowest BCUT2D eigenvalue weighted by Crippen LogP contribution is -2.26. The lowest BCUT2D eigenvalue weighted by Gasteiger charge is -2.17. The number of sulfonamides is 1. The first-order valence-corrected chi connectivity index (χ1v) is 10.9. The van der Waals surface area contributed by atoms with E-state index in [0.717, 1.165) is 17.7 Å². The molecule has 3 aromatic rings. The minimum Gasteiger partial charge on any atom is -0.457 e. The first kappa shape index (κ1) is 23.5. The number of esters is 1. The van der Waals surface area contributed by atoms with Gasteiger partial charge in [-0.05, 0) is 41.5 Å². The van der Waals surface area contributed by atoms with Gasteiger partial charge in [0.15, 0.2) is 0 Å². The van der Waals surface area contributed by atoms with Crippen LogP contribution in [0.1, 0.15) is 27.0 Å². The van der Waals surface area contributed by atoms with Gasteiger partial charge in [-0.2, -0.15) is 17.5 Å². The van der Waals surface area contributed by atoms with Crippen molar-refractivity contribution >= 4 is 16.0 Å². The fourth-order valence-electron chi connectivity index (χ4n) is 2.91. The van der Waals surface area contributed by atoms with Gasteiger partial charge >= 0.3 is 12.1 Å². The maximum absolute atomic E-state index is 12.9. The van der Waals surface area contributed by atoms with Crippen LogP contribution in [0.4, 0.5) is 13.2 Å². The van der Waals surface area contributed by atoms with Crippen LogP contribution in [0.3, 0.4) is 0 Å². The normalized spacial score (nSPS) is 12.0. The highest BCUT2D eigenvalue weighted by Crippen LogP contribution is 2.29. The zero-order chi connectivity index (χ0) is 23.4. The van der Waals surface area contributed by atoms with Crippen LogP contribution in [-0.2, 0) is 34.1 Å². The molecule has 168 valence electrons. The Bertz CT molecular complexity index is 1180. The van der Waals surface area contributed by atoms with Crippen LogP contribution in [0.25, 0.3) is 0 Å². The van der Waals surface area contributed by atoms with Crippen molar-refractivity contribution < 1.29 is 31.1 Å². The Balaban J connectivity index is 1.68. The summed E-state index contributed by atoms with van der Waals surface area (Å²) in [6.45, 7) is -0.0897. The lowest BCUT2D eigenvalue weighted by atomic mass is 10.1. The Kier molecular flexibility index (Phi) is 7.00. The third-order valence-corrected chi connectivity index (χ3v) is 6.48. The molecular formula is C23H20F3NO4S. The van der Waals surface area contributed by atoms with Crippen molar-refractivity contribution in [1.82, 2.24) is 4.31 Å². The van der Waals surface area contributed by atoms with E-state index >= 15 is 0 Å². The average molecular weight is 463 g/mol. The Morgan fingerprint density at radius 3 is 2.19 bits per heavy atom. The summed E-state index contributed by atoms with van der Waals surface area (Å²) in [5.41, 5.74) is 0.402. The molecule has 0 amide bonds. The molecule has 3 aromatic carbocycles. The lowest BCUT2D eigenvalue weighted by molar-refractivity contribution is -0.137. The second kappa shape index (κ2) is 9.54. The van der Waals surface area contributed by atoms with E-state index in [0.29, 0.717) is 5.56 Å². The molecule has 0 radical (unpaired) electrons. The van der Waals surface area contributed by atoms with Gasteiger partial charge < -0.3 is 4.74 Å². The summed E-state index contributed by atoms with van der Waals surface area (Å²) in [5, 5.41) is 0. The van der Waals surface area contributed by atoms with Crippen molar-refractivity contribution in [3.63, 3.8) is 0 Å². The van der Waals surface area contributed by atoms with Crippen molar-refractivity contribution in [2.24, 2.45) is 0 Å². The van der Waals surface area contributed by atoms with Gasteiger partial charge in [0.2, 0.25) is 10.0 Å². The van der Waals surface area contributed by atoms with E-state index in [9.17, 15) is 26.4 Å². The number of hydrogen-bond donors (Lipinski definition) is 0. The SMILES string of the molecule is CN(Cc1ccccc1)S(=O)(=O)c1cccc(C(=O)OCc2ccc(C(F)(F)F)cc2)c1. The summed E-state index contributed by atoms with van der Waals surface area (Å²) >= 11 is 0. The Labute approximate surface area is 184 Å². The maximum atomic E-state index is 12.9. The zero-order valence-corrected chi connectivity index (χ0v) is 17.9. The molecule has 32 heavy (non-hydrogen) atoms. The molecule has 0 aliphatic heterocycles. The van der Waals surface area contributed by atoms with Crippen molar-refractivity contribution in [2.75, 3.05) is 7.05 Å². The predicted octanol–water partition coefficient (Wildman–Crippen LogP) is 4.88. The van der Waals surface area contributed by atoms with E-state index in [2.05, 4.69) is 0 Å². The van der Waals surface area contributed by atoms with Gasteiger partial charge in [-0.15, -0.1) is 0 Å². The second-order valence-corrected chi connectivity index (χ2v) is 9.09. The minimum atomic E-state index is -4.45. The van der Waals surface area contributed by atoms with Crippen LogP contribution in [0.5, 0.6) is 0 Å². The second-order valence-electron chi connectivity index (χ2n) is 7.05. The van der Waals surface area contributed by atoms with Gasteiger partial charge in [-0.25, -0.2) is 13.2 Å². The third-order valence-electron chi connectivity index (χ3n) is 4.68. The number of ether oxygens (including phenoxy) is 1. The van der Waals surface area contributed by atoms with E-state index in [1.807, 2.05) is 18.2 Å². The van der Waals surface area contributed by atoms with Crippen LogP contribution >= 0.6 is 0 Å². The molecule has 0 saturated heterocycles. The number of hydrogen-bond acceptors (Lipinski definition) is 4. The zero-order valence-electron chi connectivity index (χ0n) is 17.0. The average Bonchev–Trinajstić information content (AvgIpc) is 2.78. The number of carbonyl (C=O) groups excluding carboxylic acids is 1. The van der Waals surface area contributed by atoms with Crippen molar-refractivity contribution in [2.45, 2.75) is 24.2 Å². The quantitative estimate of drug-likeness (QED) is 0.469. The highest BCUT2D eigenvalue weighted by Gasteiger charge is 2.30. The Hall–Kier alpha value is -3.17. The Morgan fingerprint density at radius 2 is 1.56 bits per heavy atom. The molecular weight excluding hydrogens is 443 g/mol. The maximum Gasteiger partial charge on any atom is 0.416 e. The number of carbonyl (C=O) groups is 1. The Morgan fingerprint density at radius 1 is 0.906 bits per heavy atom. The molecule has 0 aliphatic rings. The van der Waals surface area contributed by atoms with E-state index in [-0.39, 0.29) is 23.6 Å². The number of benzene rings is 3. The van der Waals surface area contributed by atoms with Crippen LogP contribution in [0.2, 0.25) is 0 Å². The summed E-state index contributed by atoms with van der Waals surface area (Å²) < 4.78 is 70.0. The molecule has 0 atom stereocenters. The van der Waals surface area contributed by atoms with E-state index in [4.69, 9.17) is 4.74 Å². The van der Waals surface area contributed by atoms with E-state index in [1.54, 1.807) is 12.1 Å². The molecule has 5 nitrogen and oxygen atoms in total. The topological polar surface area (TPSA) is 63.7 Å². The fourth-order valence-corrected chi connectivity index (χ4v) is 4.12. The predicted molar refractivity (Wildman–Crippen MR) is 112 cm³/mol. The fraction of sp³-hybridized carbons (Fsp3) is 0.174. The summed E-state index contributed by atoms with van der Waals surface area (Å²) in [4.78, 5) is 12.3. The molecule has 0 saturated carbocycles. The highest BCUT2D eigenvalue weighted by molar-refractivity contribution is 7.89. The van der Waals surface area contributed by atoms with Gasteiger partial charge in [0.25, 0.3) is 0 Å². The summed E-state index contributed by atoms with van der Waals surface area (Å²) in [5.74, 6) is -0.785. The van der Waals surface area contributed by atoms with E-state index in [1.165, 1.54) is 47.8 Å². The summed E-state index contributed by atoms with van der Waals surface area (Å²) in [6, 6.07) is 18.7. The van der Waals surface area contributed by atoms with Crippen molar-refractivity contribution in [3.8, 4) is 0 Å². The van der Waals surface area contributed by atoms with Gasteiger partial charge in [0.05, 0.1) is 16.0 Å². The molecule has 0 aliphatic carbocycles. The van der Waals surface area contributed by atoms with E-state index < -0.39 is 27.7 Å². The van der Waals surface area contributed by atoms with Gasteiger partial charge in [0.1, 0.15) is 6.61 Å². The third kappa shape index (κ3) is 5.74. The first-order chi connectivity index (χ1) is 15.1. The van der Waals surface area contributed by atoms with Crippen LogP contribution in [0.15, 0.2) is 83.8 Å². The van der Waals surface area contributed by atoms with Gasteiger partial charge in [-0.3, -0.25) is 0 Å². The van der Waals surface area contributed by atoms with Crippen LogP contribution in [0, 0.1) is 0 Å². The van der Waals surface area contributed by atoms with Crippen LogP contribution in [-0.4, -0.2) is 25.7 Å². The van der Waals surface area contributed by atoms with Gasteiger partial charge in [-0.1, -0.05) is 48.5 Å². The molecule has 9 heteroatoms. The molecule has 0 bridgehead atoms. The highest BCUT2D eigenvalue weighted by atomic mass is 32.2. The van der Waals surface area contributed by atoms with Gasteiger partial charge in [0, 0.05) is 13.6 Å². The molecule has 0 fully saturated rings. The number of alkyl halides is 3. The molecule has 0 heterocycles. The van der Waals surface area contributed by atoms with Crippen molar-refractivity contribution in [3.05, 3.63) is 101 Å². The summed E-state index contributed by atoms with van der Waals surface area (Å²) in [7, 11) is -2.42. The largest absolute Gasteiger partial charge is 0.457 e. The number of halogens is 3. The smallest absolute Gasteiger partial charge is 0.416 e. The monoisotopic (exact) mass is 463 g/mol. The molecule has 0 aromatic heterocycles. The molecule has 0 spiro atoms. The molecule has 0 N–H and O–H groups in total. The first-order valence-electron chi connectivity index (χ1n) is 9.51. The molecule has 3 rings (SSSR count). The molecule has 0 unspecified atom stereocenters. The number of rotatable bonds is 7. The summed E-state index contributed by atoms with van der Waals surface area (Å²) in [6.07, 6.45) is -4.45. The van der Waals surface area contributed by atoms with Crippen molar-refractivity contribution in [1.29, 1.82) is 0 Å². The standard InChI is InChI=1S/C23H20F3NO4S/c1-27(15-17-6-3-2-4-7-17)32(29,30)21-9-5-8-19(14-21)22(28)31-16-18-10-12-20(13-11-18)23(24,25)26/h2-14H,15-16H2,1H3. The number of nitrogens with zero attached hydrogens (tertiary/aromatic N) is 1.